The maximum Gasteiger partial charge on any atom is 0.0865 e. The number of rotatable bonds is 2. The number of benzene rings is 2. The molecule has 1 aliphatic rings. The molecule has 2 aromatic rings. The van der Waals surface area contributed by atoms with E-state index in [2.05, 4.69) is 62.4 Å². The van der Waals surface area contributed by atoms with Gasteiger partial charge in [-0.15, -0.1) is 0 Å². The molecule has 21 heavy (non-hydrogen) atoms. The molecule has 0 bridgehead atoms. The van der Waals surface area contributed by atoms with Gasteiger partial charge in [0.2, 0.25) is 0 Å². The van der Waals surface area contributed by atoms with E-state index >= 15 is 0 Å². The summed E-state index contributed by atoms with van der Waals surface area (Å²) in [6.07, 6.45) is 4.00. The van der Waals surface area contributed by atoms with Gasteiger partial charge in [-0.05, 0) is 61.8 Å². The predicted octanol–water partition coefficient (Wildman–Crippen LogP) is 4.64. The lowest BCUT2D eigenvalue weighted by molar-refractivity contribution is 0.449. The molecule has 1 unspecified atom stereocenters. The Morgan fingerprint density at radius 2 is 1.95 bits per heavy atom. The highest BCUT2D eigenvalue weighted by Crippen LogP contribution is 2.40. The second kappa shape index (κ2) is 5.37. The second-order valence-corrected chi connectivity index (χ2v) is 6.31. The Hall–Kier alpha value is -2.07. The highest BCUT2D eigenvalue weighted by molar-refractivity contribution is 5.44. The van der Waals surface area contributed by atoms with Crippen LogP contribution >= 0.6 is 0 Å². The fourth-order valence-corrected chi connectivity index (χ4v) is 3.58. The van der Waals surface area contributed by atoms with Gasteiger partial charge in [-0.1, -0.05) is 48.0 Å². The zero-order chi connectivity index (χ0) is 14.9. The molecule has 0 saturated carbocycles. The van der Waals surface area contributed by atoms with Crippen molar-refractivity contribution >= 4 is 0 Å². The molecule has 0 aromatic heterocycles. The van der Waals surface area contributed by atoms with Crippen LogP contribution in [0.5, 0.6) is 0 Å². The molecule has 1 heteroatoms. The number of nitrogens with zero attached hydrogens (tertiary/aromatic N) is 1. The van der Waals surface area contributed by atoms with Crippen LogP contribution in [0.3, 0.4) is 0 Å². The first-order chi connectivity index (χ1) is 10.1. The van der Waals surface area contributed by atoms with Crippen LogP contribution in [-0.2, 0) is 18.3 Å². The van der Waals surface area contributed by atoms with Gasteiger partial charge in [0.05, 0.1) is 11.5 Å². The molecule has 1 aliphatic carbocycles. The zero-order valence-corrected chi connectivity index (χ0v) is 12.8. The van der Waals surface area contributed by atoms with Crippen molar-refractivity contribution in [1.82, 2.24) is 0 Å². The van der Waals surface area contributed by atoms with E-state index in [0.29, 0.717) is 0 Å². The van der Waals surface area contributed by atoms with Gasteiger partial charge >= 0.3 is 0 Å². The van der Waals surface area contributed by atoms with Crippen LogP contribution in [0.4, 0.5) is 0 Å². The minimum atomic E-state index is -0.354. The van der Waals surface area contributed by atoms with Gasteiger partial charge in [0.1, 0.15) is 0 Å². The zero-order valence-electron chi connectivity index (χ0n) is 12.8. The molecule has 1 atom stereocenters. The third-order valence-electron chi connectivity index (χ3n) is 4.79. The Morgan fingerprint density at radius 3 is 2.76 bits per heavy atom. The van der Waals surface area contributed by atoms with Crippen LogP contribution in [0.25, 0.3) is 0 Å². The van der Waals surface area contributed by atoms with Crippen LogP contribution in [0, 0.1) is 25.2 Å². The van der Waals surface area contributed by atoms with Crippen LogP contribution < -0.4 is 0 Å². The van der Waals surface area contributed by atoms with Gasteiger partial charge in [0.15, 0.2) is 0 Å². The Labute approximate surface area is 127 Å². The summed E-state index contributed by atoms with van der Waals surface area (Å²) >= 11 is 0. The average Bonchev–Trinajstić information content (AvgIpc) is 2.51. The number of hydrogen-bond donors (Lipinski definition) is 0. The van der Waals surface area contributed by atoms with Crippen molar-refractivity contribution in [2.45, 2.75) is 44.9 Å². The molecular weight excluding hydrogens is 254 g/mol. The van der Waals surface area contributed by atoms with Crippen LogP contribution in [-0.4, -0.2) is 0 Å². The number of nitriles is 1. The van der Waals surface area contributed by atoms with E-state index in [0.717, 1.165) is 25.7 Å². The van der Waals surface area contributed by atoms with Crippen molar-refractivity contribution in [3.8, 4) is 6.07 Å². The number of fused-ring (bicyclic) bond motifs is 1. The Morgan fingerprint density at radius 1 is 1.14 bits per heavy atom. The molecule has 0 fully saturated rings. The molecule has 3 rings (SSSR count). The quantitative estimate of drug-likeness (QED) is 0.783. The van der Waals surface area contributed by atoms with Crippen LogP contribution in [0.1, 0.15) is 40.7 Å². The van der Waals surface area contributed by atoms with Crippen molar-refractivity contribution < 1.29 is 0 Å². The van der Waals surface area contributed by atoms with E-state index in [1.165, 1.54) is 27.8 Å². The maximum atomic E-state index is 9.96. The second-order valence-electron chi connectivity index (χ2n) is 6.31. The Balaban J connectivity index is 2.07. The SMILES string of the molecule is Cc1ccc(C)c(CC2(C#N)CCCc3ccccc32)c1. The molecule has 0 saturated heterocycles. The molecule has 0 N–H and O–H groups in total. The van der Waals surface area contributed by atoms with E-state index in [4.69, 9.17) is 0 Å². The van der Waals surface area contributed by atoms with Crippen molar-refractivity contribution in [1.29, 1.82) is 5.26 Å². The molecule has 0 spiro atoms. The molecule has 0 aliphatic heterocycles. The van der Waals surface area contributed by atoms with Crippen molar-refractivity contribution in [3.63, 3.8) is 0 Å². The van der Waals surface area contributed by atoms with Gasteiger partial charge in [0, 0.05) is 0 Å². The van der Waals surface area contributed by atoms with E-state index in [1.54, 1.807) is 0 Å². The van der Waals surface area contributed by atoms with Gasteiger partial charge < -0.3 is 0 Å². The number of aryl methyl sites for hydroxylation is 3. The van der Waals surface area contributed by atoms with E-state index < -0.39 is 0 Å². The lowest BCUT2D eigenvalue weighted by Gasteiger charge is -2.34. The standard InChI is InChI=1S/C20H21N/c1-15-9-10-16(2)18(12-15)13-20(14-21)11-5-7-17-6-3-4-8-19(17)20/h3-4,6,8-10,12H,5,7,11,13H2,1-2H3. The van der Waals surface area contributed by atoms with Gasteiger partial charge in [0.25, 0.3) is 0 Å². The Kier molecular flexibility index (Phi) is 3.55. The summed E-state index contributed by atoms with van der Waals surface area (Å²) in [5.41, 5.74) is 6.13. The molecule has 2 aromatic carbocycles. The largest absolute Gasteiger partial charge is 0.197 e. The minimum absolute atomic E-state index is 0.354. The lowest BCUT2D eigenvalue weighted by Crippen LogP contribution is -2.32. The van der Waals surface area contributed by atoms with Gasteiger partial charge in [-0.25, -0.2) is 0 Å². The van der Waals surface area contributed by atoms with E-state index in [-0.39, 0.29) is 5.41 Å². The lowest BCUT2D eigenvalue weighted by atomic mass is 9.67. The first-order valence-corrected chi connectivity index (χ1v) is 7.70. The summed E-state index contributed by atoms with van der Waals surface area (Å²) in [4.78, 5) is 0. The molecule has 106 valence electrons. The molecule has 1 nitrogen and oxygen atoms in total. The van der Waals surface area contributed by atoms with Crippen LogP contribution in [0.15, 0.2) is 42.5 Å². The highest BCUT2D eigenvalue weighted by atomic mass is 14.4. The van der Waals surface area contributed by atoms with Crippen molar-refractivity contribution in [2.75, 3.05) is 0 Å². The summed E-state index contributed by atoms with van der Waals surface area (Å²) in [6, 6.07) is 17.7. The molecule has 0 amide bonds. The fraction of sp³-hybridized carbons (Fsp3) is 0.350. The summed E-state index contributed by atoms with van der Waals surface area (Å²) < 4.78 is 0. The highest BCUT2D eigenvalue weighted by Gasteiger charge is 2.37. The molecular formula is C20H21N. The summed E-state index contributed by atoms with van der Waals surface area (Å²) in [6.45, 7) is 4.27. The first-order valence-electron chi connectivity index (χ1n) is 7.70. The minimum Gasteiger partial charge on any atom is -0.197 e. The molecule has 0 heterocycles. The average molecular weight is 275 g/mol. The normalized spacial score (nSPS) is 20.6. The van der Waals surface area contributed by atoms with Gasteiger partial charge in [-0.3, -0.25) is 0 Å². The third kappa shape index (κ3) is 2.47. The summed E-state index contributed by atoms with van der Waals surface area (Å²) in [7, 11) is 0. The first kappa shape index (κ1) is 13.9. The fourth-order valence-electron chi connectivity index (χ4n) is 3.58. The van der Waals surface area contributed by atoms with Crippen molar-refractivity contribution in [2.24, 2.45) is 0 Å². The summed E-state index contributed by atoms with van der Waals surface area (Å²) in [5, 5.41) is 9.96. The smallest absolute Gasteiger partial charge is 0.0865 e. The third-order valence-corrected chi connectivity index (χ3v) is 4.79. The topological polar surface area (TPSA) is 23.8 Å². The predicted molar refractivity (Wildman–Crippen MR) is 86.3 cm³/mol. The monoisotopic (exact) mass is 275 g/mol. The van der Waals surface area contributed by atoms with Gasteiger partial charge in [-0.2, -0.15) is 5.26 Å². The van der Waals surface area contributed by atoms with E-state index in [9.17, 15) is 5.26 Å². The van der Waals surface area contributed by atoms with Crippen molar-refractivity contribution in [3.05, 3.63) is 70.3 Å². The Bertz CT molecular complexity index is 708. The van der Waals surface area contributed by atoms with E-state index in [1.807, 2.05) is 0 Å². The molecule has 0 radical (unpaired) electrons. The maximum absolute atomic E-state index is 9.96. The summed E-state index contributed by atoms with van der Waals surface area (Å²) in [5.74, 6) is 0. The van der Waals surface area contributed by atoms with Crippen LogP contribution in [0.2, 0.25) is 0 Å². The number of hydrogen-bond acceptors (Lipinski definition) is 1.